The van der Waals surface area contributed by atoms with E-state index in [2.05, 4.69) is 105 Å². The minimum atomic E-state index is -0.409. The first kappa shape index (κ1) is 25.1. The highest BCUT2D eigenvalue weighted by Gasteiger charge is 2.39. The van der Waals surface area contributed by atoms with Crippen molar-refractivity contribution < 1.29 is 4.39 Å². The van der Waals surface area contributed by atoms with E-state index >= 15 is 4.39 Å². The van der Waals surface area contributed by atoms with Crippen LogP contribution in [0.1, 0.15) is 39.3 Å². The van der Waals surface area contributed by atoms with Crippen LogP contribution >= 0.6 is 0 Å². The summed E-state index contributed by atoms with van der Waals surface area (Å²) < 4.78 is 17.3. The molecule has 7 heteroatoms. The Balaban J connectivity index is 1.29. The second-order valence-electron chi connectivity index (χ2n) is 12.1. The van der Waals surface area contributed by atoms with Crippen molar-refractivity contribution in [2.24, 2.45) is 20.0 Å². The van der Waals surface area contributed by atoms with Gasteiger partial charge in [-0.3, -0.25) is 4.57 Å². The molecule has 1 aliphatic carbocycles. The van der Waals surface area contributed by atoms with Gasteiger partial charge >= 0.3 is 0 Å². The van der Waals surface area contributed by atoms with E-state index < -0.39 is 5.83 Å². The van der Waals surface area contributed by atoms with Gasteiger partial charge in [0.1, 0.15) is 23.3 Å². The zero-order chi connectivity index (χ0) is 29.9. The van der Waals surface area contributed by atoms with Crippen LogP contribution in [0.15, 0.2) is 117 Å². The van der Waals surface area contributed by atoms with Gasteiger partial charge in [0.2, 0.25) is 11.9 Å². The van der Waals surface area contributed by atoms with Crippen LogP contribution in [-0.4, -0.2) is 33.1 Å². The first-order valence-electron chi connectivity index (χ1n) is 14.8. The lowest BCUT2D eigenvalue weighted by Crippen LogP contribution is -2.43. The number of fused-ring (bicyclic) bond motifs is 6. The molecule has 9 rings (SSSR count). The number of benzene rings is 4. The Kier molecular flexibility index (Phi) is 5.02. The average molecular weight is 575 g/mol. The van der Waals surface area contributed by atoms with Crippen molar-refractivity contribution >= 4 is 45.4 Å². The molecule has 3 aliphatic heterocycles. The molecule has 0 saturated heterocycles. The maximum Gasteiger partial charge on any atom is 0.242 e. The van der Waals surface area contributed by atoms with Crippen LogP contribution in [0.25, 0.3) is 32.9 Å². The Morgan fingerprint density at radius 2 is 1.16 bits per heavy atom. The molecule has 0 N–H and O–H groups in total. The van der Waals surface area contributed by atoms with Gasteiger partial charge in [-0.05, 0) is 73.2 Å². The van der Waals surface area contributed by atoms with Gasteiger partial charge in [-0.2, -0.15) is 15.0 Å². The highest BCUT2D eigenvalue weighted by atomic mass is 19.1. The molecule has 0 unspecified atom stereocenters. The molecule has 212 valence electrons. The van der Waals surface area contributed by atoms with E-state index in [4.69, 9.17) is 20.0 Å². The molecule has 5 aromatic rings. The molecule has 0 saturated carbocycles. The number of aromatic nitrogens is 1. The molecule has 0 atom stereocenters. The lowest BCUT2D eigenvalue weighted by molar-refractivity contribution is 0.629. The number of nitrogens with zero attached hydrogens (tertiary/aromatic N) is 6. The molecule has 4 aliphatic rings. The molecule has 6 nitrogen and oxygen atoms in total. The summed E-state index contributed by atoms with van der Waals surface area (Å²) in [6.07, 6.45) is 2.86. The van der Waals surface area contributed by atoms with Crippen LogP contribution in [-0.2, 0) is 0 Å². The largest absolute Gasteiger partial charge is 0.278 e. The number of amidine groups is 2. The number of guanidine groups is 1. The number of hydrogen-bond donors (Lipinski definition) is 0. The molecule has 4 aromatic carbocycles. The normalized spacial score (nSPS) is 17.0. The van der Waals surface area contributed by atoms with E-state index in [1.807, 2.05) is 0 Å². The summed E-state index contributed by atoms with van der Waals surface area (Å²) in [6.45, 7) is 8.35. The standard InChI is InChI=1S/C37H27FN6/c1-19-5-9-24-25-10-6-20(2)14-29(25)34(28(24)13-19)35-39-32-17-23(38)18-33-40-36(42-37(41-35)44(32)33)43-30-15-21(3)7-11-26(30)27-12-8-22(4)16-31(27)43/h5-18,34H,1-4H3. The van der Waals surface area contributed by atoms with Crippen molar-refractivity contribution in [3.05, 3.63) is 130 Å². The topological polar surface area (TPSA) is 57.6 Å². The highest BCUT2D eigenvalue weighted by molar-refractivity contribution is 6.24. The predicted molar refractivity (Wildman–Crippen MR) is 176 cm³/mol. The van der Waals surface area contributed by atoms with E-state index in [0.29, 0.717) is 29.4 Å². The van der Waals surface area contributed by atoms with Crippen LogP contribution in [0, 0.1) is 27.7 Å². The van der Waals surface area contributed by atoms with E-state index in [9.17, 15) is 0 Å². The summed E-state index contributed by atoms with van der Waals surface area (Å²) in [5, 5.41) is 2.22. The summed E-state index contributed by atoms with van der Waals surface area (Å²) in [7, 11) is 0. The number of aryl methyl sites for hydroxylation is 4. The zero-order valence-corrected chi connectivity index (χ0v) is 24.7. The van der Waals surface area contributed by atoms with Crippen molar-refractivity contribution in [1.82, 2.24) is 9.47 Å². The quantitative estimate of drug-likeness (QED) is 0.199. The van der Waals surface area contributed by atoms with E-state index in [1.54, 1.807) is 4.90 Å². The fourth-order valence-electron chi connectivity index (χ4n) is 6.95. The fraction of sp³-hybridized carbons (Fsp3) is 0.135. The van der Waals surface area contributed by atoms with Gasteiger partial charge in [-0.15, -0.1) is 0 Å². The van der Waals surface area contributed by atoms with Crippen LogP contribution in [0.4, 0.5) is 4.39 Å². The Morgan fingerprint density at radius 3 is 1.77 bits per heavy atom. The van der Waals surface area contributed by atoms with Gasteiger partial charge < -0.3 is 0 Å². The number of allylic oxidation sites excluding steroid dienone is 2. The molecule has 1 aromatic heterocycles. The first-order valence-corrected chi connectivity index (χ1v) is 14.8. The van der Waals surface area contributed by atoms with Crippen LogP contribution < -0.4 is 0 Å². The number of rotatable bonds is 1. The predicted octanol–water partition coefficient (Wildman–Crippen LogP) is 8.24. The molecule has 0 bridgehead atoms. The fourth-order valence-corrected chi connectivity index (χ4v) is 6.95. The number of hydrogen-bond acceptors (Lipinski definition) is 5. The molecular weight excluding hydrogens is 547 g/mol. The number of aliphatic imine (C=N–C) groups is 4. The minimum absolute atomic E-state index is 0.205. The third-order valence-electron chi connectivity index (χ3n) is 8.91. The second kappa shape index (κ2) is 8.80. The van der Waals surface area contributed by atoms with Gasteiger partial charge in [0, 0.05) is 22.9 Å². The Morgan fingerprint density at radius 1 is 0.591 bits per heavy atom. The summed E-state index contributed by atoms with van der Waals surface area (Å²) in [5.41, 5.74) is 11.2. The molecule has 0 amide bonds. The van der Waals surface area contributed by atoms with Crippen molar-refractivity contribution in [2.45, 2.75) is 33.6 Å². The summed E-state index contributed by atoms with van der Waals surface area (Å²) in [4.78, 5) is 21.8. The lowest BCUT2D eigenvalue weighted by Gasteiger charge is -2.32. The van der Waals surface area contributed by atoms with Gasteiger partial charge in [-0.1, -0.05) is 71.8 Å². The molecule has 44 heavy (non-hydrogen) atoms. The maximum absolute atomic E-state index is 15.2. The van der Waals surface area contributed by atoms with Crippen molar-refractivity contribution in [3.8, 4) is 11.1 Å². The summed E-state index contributed by atoms with van der Waals surface area (Å²) in [5.74, 6) is 1.67. The van der Waals surface area contributed by atoms with Gasteiger partial charge in [0.05, 0.1) is 17.0 Å². The third-order valence-corrected chi connectivity index (χ3v) is 8.91. The third kappa shape index (κ3) is 3.52. The van der Waals surface area contributed by atoms with Gasteiger partial charge in [0.25, 0.3) is 0 Å². The Bertz CT molecular complexity index is 2230. The van der Waals surface area contributed by atoms with Crippen molar-refractivity contribution in [3.63, 3.8) is 0 Å². The molecule has 0 radical (unpaired) electrons. The van der Waals surface area contributed by atoms with Crippen LogP contribution in [0.3, 0.4) is 0 Å². The summed E-state index contributed by atoms with van der Waals surface area (Å²) >= 11 is 0. The first-order chi connectivity index (χ1) is 21.3. The number of halogens is 1. The SMILES string of the molecule is Cc1ccc2c(c1)C(C1=NC3=CC(F)=CC4=NC(n5c6cc(C)ccc6c6ccc(C)cc65)=NC(=N1)N34)c1cc(C)ccc1-2. The average Bonchev–Trinajstić information content (AvgIpc) is 3.46. The maximum atomic E-state index is 15.2. The lowest BCUT2D eigenvalue weighted by atomic mass is 9.93. The minimum Gasteiger partial charge on any atom is -0.278 e. The van der Waals surface area contributed by atoms with Crippen LogP contribution in [0.2, 0.25) is 0 Å². The van der Waals surface area contributed by atoms with Crippen LogP contribution in [0.5, 0.6) is 0 Å². The van der Waals surface area contributed by atoms with E-state index in [0.717, 1.165) is 44.1 Å². The van der Waals surface area contributed by atoms with E-state index in [-0.39, 0.29) is 5.92 Å². The van der Waals surface area contributed by atoms with Gasteiger partial charge in [-0.25, -0.2) is 14.3 Å². The second-order valence-corrected chi connectivity index (χ2v) is 12.1. The van der Waals surface area contributed by atoms with E-state index in [1.165, 1.54) is 34.4 Å². The smallest absolute Gasteiger partial charge is 0.242 e. The molecule has 0 spiro atoms. The summed E-state index contributed by atoms with van der Waals surface area (Å²) in [6, 6.07) is 25.9. The highest BCUT2D eigenvalue weighted by Crippen LogP contribution is 2.47. The van der Waals surface area contributed by atoms with Crippen molar-refractivity contribution in [1.29, 1.82) is 0 Å². The monoisotopic (exact) mass is 574 g/mol. The molecule has 4 heterocycles. The zero-order valence-electron chi connectivity index (χ0n) is 24.7. The molecular formula is C37H27FN6. The van der Waals surface area contributed by atoms with Gasteiger partial charge in [0.15, 0.2) is 0 Å². The van der Waals surface area contributed by atoms with Crippen molar-refractivity contribution in [2.75, 3.05) is 0 Å². The Hall–Kier alpha value is -5.43. The molecule has 0 fully saturated rings. The Labute approximate surface area is 253 Å².